The van der Waals surface area contributed by atoms with Crippen LogP contribution in [0.15, 0.2) is 54.6 Å². The van der Waals surface area contributed by atoms with Crippen LogP contribution in [-0.2, 0) is 4.79 Å². The fraction of sp³-hybridized carbons (Fsp3) is 0.250. The molecule has 2 amide bonds. The molecule has 2 aromatic rings. The van der Waals surface area contributed by atoms with Gasteiger partial charge in [0.2, 0.25) is 5.91 Å². The molecule has 6 nitrogen and oxygen atoms in total. The third-order valence-electron chi connectivity index (χ3n) is 4.37. The molecule has 0 bridgehead atoms. The van der Waals surface area contributed by atoms with Gasteiger partial charge in [-0.15, -0.1) is 0 Å². The molecular formula is C20H22N4O2S. The zero-order valence-corrected chi connectivity index (χ0v) is 16.0. The summed E-state index contributed by atoms with van der Waals surface area (Å²) in [7, 11) is 0. The fourth-order valence-corrected chi connectivity index (χ4v) is 3.34. The number of hydrogen-bond acceptors (Lipinski definition) is 4. The zero-order valence-electron chi connectivity index (χ0n) is 15.1. The van der Waals surface area contributed by atoms with Crippen molar-refractivity contribution in [1.29, 1.82) is 0 Å². The van der Waals surface area contributed by atoms with E-state index in [1.54, 1.807) is 0 Å². The SMILES string of the molecule is CC(=O)NC(=S)Nc1ccccc1N1CCN(C(=O)c2ccccc2)CC1. The van der Waals surface area contributed by atoms with Crippen LogP contribution in [0.4, 0.5) is 11.4 Å². The van der Waals surface area contributed by atoms with Crippen molar-refractivity contribution in [3.8, 4) is 0 Å². The molecule has 7 heteroatoms. The van der Waals surface area contributed by atoms with Crippen molar-refractivity contribution in [2.45, 2.75) is 6.92 Å². The second-order valence-electron chi connectivity index (χ2n) is 6.30. The number of carbonyl (C=O) groups excluding carboxylic acids is 2. The highest BCUT2D eigenvalue weighted by atomic mass is 32.1. The Morgan fingerprint density at radius 3 is 2.22 bits per heavy atom. The number of nitrogens with zero attached hydrogens (tertiary/aromatic N) is 2. The molecule has 2 N–H and O–H groups in total. The minimum Gasteiger partial charge on any atom is -0.366 e. The number of thiocarbonyl (C=S) groups is 1. The average Bonchev–Trinajstić information content (AvgIpc) is 2.68. The number of benzene rings is 2. The lowest BCUT2D eigenvalue weighted by Crippen LogP contribution is -2.49. The Kier molecular flexibility index (Phi) is 6.03. The van der Waals surface area contributed by atoms with E-state index < -0.39 is 0 Å². The molecule has 1 heterocycles. The number of rotatable bonds is 3. The van der Waals surface area contributed by atoms with E-state index >= 15 is 0 Å². The van der Waals surface area contributed by atoms with Crippen LogP contribution in [0.1, 0.15) is 17.3 Å². The van der Waals surface area contributed by atoms with Gasteiger partial charge in [-0.2, -0.15) is 0 Å². The number of piperazine rings is 1. The standard InChI is InChI=1S/C20H22N4O2S/c1-15(25)21-20(27)22-17-9-5-6-10-18(17)23-11-13-24(14-12-23)19(26)16-7-3-2-4-8-16/h2-10H,11-14H2,1H3,(H2,21,22,25,27). The van der Waals surface area contributed by atoms with Gasteiger partial charge in [-0.3, -0.25) is 9.59 Å². The Bertz CT molecular complexity index is 833. The highest BCUT2D eigenvalue weighted by Crippen LogP contribution is 2.26. The Balaban J connectivity index is 1.65. The van der Waals surface area contributed by atoms with E-state index in [2.05, 4.69) is 15.5 Å². The van der Waals surface area contributed by atoms with Gasteiger partial charge in [-0.05, 0) is 36.5 Å². The molecular weight excluding hydrogens is 360 g/mol. The summed E-state index contributed by atoms with van der Waals surface area (Å²) in [6.07, 6.45) is 0. The highest BCUT2D eigenvalue weighted by Gasteiger charge is 2.23. The van der Waals surface area contributed by atoms with Gasteiger partial charge in [0.25, 0.3) is 5.91 Å². The predicted molar refractivity (Wildman–Crippen MR) is 111 cm³/mol. The van der Waals surface area contributed by atoms with Crippen molar-refractivity contribution in [2.24, 2.45) is 0 Å². The number of para-hydroxylation sites is 2. The maximum atomic E-state index is 12.6. The largest absolute Gasteiger partial charge is 0.366 e. The minimum atomic E-state index is -0.210. The average molecular weight is 382 g/mol. The Labute approximate surface area is 164 Å². The molecule has 0 aromatic heterocycles. The summed E-state index contributed by atoms with van der Waals surface area (Å²) in [5, 5.41) is 5.92. The summed E-state index contributed by atoms with van der Waals surface area (Å²) in [4.78, 5) is 27.9. The van der Waals surface area contributed by atoms with Crippen LogP contribution in [0, 0.1) is 0 Å². The molecule has 1 aliphatic rings. The zero-order chi connectivity index (χ0) is 19.2. The molecule has 0 atom stereocenters. The van der Waals surface area contributed by atoms with Crippen LogP contribution in [0.5, 0.6) is 0 Å². The molecule has 0 aliphatic carbocycles. The van der Waals surface area contributed by atoms with Gasteiger partial charge in [0.05, 0.1) is 11.4 Å². The van der Waals surface area contributed by atoms with Gasteiger partial charge in [0.15, 0.2) is 5.11 Å². The fourth-order valence-electron chi connectivity index (χ4n) is 3.08. The van der Waals surface area contributed by atoms with E-state index in [1.165, 1.54) is 6.92 Å². The van der Waals surface area contributed by atoms with Crippen molar-refractivity contribution in [2.75, 3.05) is 36.4 Å². The third kappa shape index (κ3) is 4.83. The highest BCUT2D eigenvalue weighted by molar-refractivity contribution is 7.80. The minimum absolute atomic E-state index is 0.0634. The molecule has 1 saturated heterocycles. The normalized spacial score (nSPS) is 13.8. The second-order valence-corrected chi connectivity index (χ2v) is 6.71. The molecule has 1 fully saturated rings. The number of nitrogens with one attached hydrogen (secondary N) is 2. The Hall–Kier alpha value is -2.93. The molecule has 0 unspecified atom stereocenters. The summed E-state index contributed by atoms with van der Waals surface area (Å²) in [5.41, 5.74) is 2.55. The Morgan fingerprint density at radius 1 is 0.926 bits per heavy atom. The lowest BCUT2D eigenvalue weighted by Gasteiger charge is -2.37. The first-order valence-corrected chi connectivity index (χ1v) is 9.22. The summed E-state index contributed by atoms with van der Waals surface area (Å²) in [6, 6.07) is 17.2. The lowest BCUT2D eigenvalue weighted by molar-refractivity contribution is -0.117. The first-order valence-electron chi connectivity index (χ1n) is 8.81. The van der Waals surface area contributed by atoms with Crippen LogP contribution in [-0.4, -0.2) is 48.0 Å². The lowest BCUT2D eigenvalue weighted by atomic mass is 10.1. The van der Waals surface area contributed by atoms with Gasteiger partial charge in [0.1, 0.15) is 0 Å². The molecule has 0 spiro atoms. The van der Waals surface area contributed by atoms with Crippen LogP contribution in [0.2, 0.25) is 0 Å². The van der Waals surface area contributed by atoms with Gasteiger partial charge in [0, 0.05) is 38.7 Å². The topological polar surface area (TPSA) is 64.7 Å². The molecule has 0 saturated carbocycles. The predicted octanol–water partition coefficient (Wildman–Crippen LogP) is 2.48. The molecule has 27 heavy (non-hydrogen) atoms. The summed E-state index contributed by atoms with van der Waals surface area (Å²) in [6.45, 7) is 4.17. The van der Waals surface area contributed by atoms with Crippen molar-refractivity contribution < 1.29 is 9.59 Å². The van der Waals surface area contributed by atoms with E-state index in [-0.39, 0.29) is 16.9 Å². The van der Waals surface area contributed by atoms with E-state index in [4.69, 9.17) is 12.2 Å². The number of amides is 2. The summed E-state index contributed by atoms with van der Waals surface area (Å²) >= 11 is 5.17. The second kappa shape index (κ2) is 8.64. The van der Waals surface area contributed by atoms with Crippen molar-refractivity contribution in [3.05, 3.63) is 60.2 Å². The quantitative estimate of drug-likeness (QED) is 0.799. The monoisotopic (exact) mass is 382 g/mol. The maximum absolute atomic E-state index is 12.6. The van der Waals surface area contributed by atoms with Crippen molar-refractivity contribution in [3.63, 3.8) is 0 Å². The number of hydrogen-bond donors (Lipinski definition) is 2. The van der Waals surface area contributed by atoms with Gasteiger partial charge in [-0.25, -0.2) is 0 Å². The van der Waals surface area contributed by atoms with E-state index in [9.17, 15) is 9.59 Å². The molecule has 3 rings (SSSR count). The van der Waals surface area contributed by atoms with Gasteiger partial charge >= 0.3 is 0 Å². The maximum Gasteiger partial charge on any atom is 0.253 e. The first kappa shape index (κ1) is 18.8. The van der Waals surface area contributed by atoms with Crippen LogP contribution >= 0.6 is 12.2 Å². The van der Waals surface area contributed by atoms with Gasteiger partial charge in [-0.1, -0.05) is 30.3 Å². The van der Waals surface area contributed by atoms with E-state index in [0.29, 0.717) is 18.7 Å². The van der Waals surface area contributed by atoms with Crippen molar-refractivity contribution in [1.82, 2.24) is 10.2 Å². The van der Waals surface area contributed by atoms with Crippen LogP contribution < -0.4 is 15.5 Å². The van der Waals surface area contributed by atoms with E-state index in [1.807, 2.05) is 59.5 Å². The first-order chi connectivity index (χ1) is 13.0. The van der Waals surface area contributed by atoms with Crippen LogP contribution in [0.3, 0.4) is 0 Å². The smallest absolute Gasteiger partial charge is 0.253 e. The molecule has 140 valence electrons. The molecule has 0 radical (unpaired) electrons. The van der Waals surface area contributed by atoms with E-state index in [0.717, 1.165) is 24.5 Å². The molecule has 1 aliphatic heterocycles. The third-order valence-corrected chi connectivity index (χ3v) is 4.57. The molecule has 2 aromatic carbocycles. The number of carbonyl (C=O) groups is 2. The van der Waals surface area contributed by atoms with Gasteiger partial charge < -0.3 is 20.4 Å². The summed E-state index contributed by atoms with van der Waals surface area (Å²) < 4.78 is 0. The Morgan fingerprint density at radius 2 is 1.56 bits per heavy atom. The summed E-state index contributed by atoms with van der Waals surface area (Å²) in [5.74, 6) is -0.147. The van der Waals surface area contributed by atoms with Crippen LogP contribution in [0.25, 0.3) is 0 Å². The van der Waals surface area contributed by atoms with Crippen molar-refractivity contribution >= 4 is 40.5 Å². The number of anilines is 2.